The minimum absolute atomic E-state index is 0.163. The van der Waals surface area contributed by atoms with Crippen LogP contribution in [0, 0.1) is 0 Å². The number of ether oxygens (including phenoxy) is 2. The van der Waals surface area contributed by atoms with Gasteiger partial charge in [-0.15, -0.1) is 0 Å². The van der Waals surface area contributed by atoms with Crippen LogP contribution in [0.3, 0.4) is 0 Å². The first-order valence-corrected chi connectivity index (χ1v) is 9.54. The molecule has 0 bridgehead atoms. The SMILES string of the molecule is CCC(Oc1ccccc1)C(=O)Nc1ccc(OCCc2ccccc2)cc1. The summed E-state index contributed by atoms with van der Waals surface area (Å²) in [7, 11) is 0. The van der Waals surface area contributed by atoms with Gasteiger partial charge in [0.2, 0.25) is 0 Å². The summed E-state index contributed by atoms with van der Waals surface area (Å²) in [4.78, 5) is 12.5. The van der Waals surface area contributed by atoms with Gasteiger partial charge in [-0.25, -0.2) is 0 Å². The Morgan fingerprint density at radius 2 is 1.50 bits per heavy atom. The summed E-state index contributed by atoms with van der Waals surface area (Å²) in [5, 5.41) is 2.90. The highest BCUT2D eigenvalue weighted by molar-refractivity contribution is 5.94. The molecule has 0 aliphatic heterocycles. The lowest BCUT2D eigenvalue weighted by Crippen LogP contribution is -2.32. The van der Waals surface area contributed by atoms with Crippen molar-refractivity contribution in [3.05, 3.63) is 90.5 Å². The van der Waals surface area contributed by atoms with Crippen LogP contribution in [0.15, 0.2) is 84.9 Å². The number of amides is 1. The summed E-state index contributed by atoms with van der Waals surface area (Å²) in [6, 6.07) is 27.0. The van der Waals surface area contributed by atoms with Crippen LogP contribution in [0.4, 0.5) is 5.69 Å². The lowest BCUT2D eigenvalue weighted by Gasteiger charge is -2.17. The van der Waals surface area contributed by atoms with Crippen molar-refractivity contribution in [1.29, 1.82) is 0 Å². The number of nitrogens with one attached hydrogen (secondary N) is 1. The number of anilines is 1. The van der Waals surface area contributed by atoms with Crippen LogP contribution in [0.2, 0.25) is 0 Å². The first kappa shape index (κ1) is 19.5. The smallest absolute Gasteiger partial charge is 0.265 e. The Kier molecular flexibility index (Phi) is 7.08. The Labute approximate surface area is 166 Å². The predicted octanol–water partition coefficient (Wildman–Crippen LogP) is 5.10. The summed E-state index contributed by atoms with van der Waals surface area (Å²) in [6.45, 7) is 2.54. The van der Waals surface area contributed by atoms with Crippen LogP contribution >= 0.6 is 0 Å². The summed E-state index contributed by atoms with van der Waals surface area (Å²) in [5.74, 6) is 1.30. The van der Waals surface area contributed by atoms with E-state index in [4.69, 9.17) is 9.47 Å². The molecular formula is C24H25NO3. The van der Waals surface area contributed by atoms with E-state index < -0.39 is 6.10 Å². The molecule has 3 rings (SSSR count). The van der Waals surface area contributed by atoms with Crippen LogP contribution in [0.5, 0.6) is 11.5 Å². The van der Waals surface area contributed by atoms with Gasteiger partial charge in [-0.05, 0) is 48.4 Å². The van der Waals surface area contributed by atoms with Gasteiger partial charge in [-0.2, -0.15) is 0 Å². The van der Waals surface area contributed by atoms with E-state index in [2.05, 4.69) is 17.4 Å². The maximum atomic E-state index is 12.5. The van der Waals surface area contributed by atoms with E-state index in [1.165, 1.54) is 5.56 Å². The number of hydrogen-bond donors (Lipinski definition) is 1. The summed E-state index contributed by atoms with van der Waals surface area (Å²) in [6.07, 6.45) is 0.902. The standard InChI is InChI=1S/C24H25NO3/c1-2-23(28-22-11-7-4-8-12-22)24(26)25-20-13-15-21(16-14-20)27-18-17-19-9-5-3-6-10-19/h3-16,23H,2,17-18H2,1H3,(H,25,26). The van der Waals surface area contributed by atoms with Crippen molar-refractivity contribution in [1.82, 2.24) is 0 Å². The molecule has 0 aromatic heterocycles. The van der Waals surface area contributed by atoms with Gasteiger partial charge in [-0.3, -0.25) is 4.79 Å². The second-order valence-electron chi connectivity index (χ2n) is 6.43. The molecule has 3 aromatic carbocycles. The van der Waals surface area contributed by atoms with E-state index in [0.29, 0.717) is 18.8 Å². The molecule has 0 saturated carbocycles. The predicted molar refractivity (Wildman–Crippen MR) is 112 cm³/mol. The Bertz CT molecular complexity index is 848. The first-order valence-electron chi connectivity index (χ1n) is 9.54. The number of benzene rings is 3. The zero-order valence-corrected chi connectivity index (χ0v) is 16.0. The van der Waals surface area contributed by atoms with Crippen LogP contribution in [0.1, 0.15) is 18.9 Å². The highest BCUT2D eigenvalue weighted by atomic mass is 16.5. The average Bonchev–Trinajstić information content (AvgIpc) is 2.74. The molecule has 0 radical (unpaired) electrons. The molecule has 4 nitrogen and oxygen atoms in total. The zero-order chi connectivity index (χ0) is 19.6. The van der Waals surface area contributed by atoms with Gasteiger partial charge in [-0.1, -0.05) is 55.5 Å². The van der Waals surface area contributed by atoms with Crippen molar-refractivity contribution in [3.8, 4) is 11.5 Å². The third kappa shape index (κ3) is 5.88. The number of carbonyl (C=O) groups is 1. The molecule has 3 aromatic rings. The minimum atomic E-state index is -0.538. The molecule has 28 heavy (non-hydrogen) atoms. The van der Waals surface area contributed by atoms with Gasteiger partial charge >= 0.3 is 0 Å². The second kappa shape index (κ2) is 10.2. The fraction of sp³-hybridized carbons (Fsp3) is 0.208. The van der Waals surface area contributed by atoms with E-state index in [1.807, 2.05) is 79.7 Å². The second-order valence-corrected chi connectivity index (χ2v) is 6.43. The first-order chi connectivity index (χ1) is 13.7. The van der Waals surface area contributed by atoms with E-state index >= 15 is 0 Å². The lowest BCUT2D eigenvalue weighted by atomic mass is 10.2. The van der Waals surface area contributed by atoms with Crippen molar-refractivity contribution in [2.45, 2.75) is 25.9 Å². The van der Waals surface area contributed by atoms with E-state index in [-0.39, 0.29) is 5.91 Å². The lowest BCUT2D eigenvalue weighted by molar-refractivity contribution is -0.122. The molecule has 0 saturated heterocycles. The summed E-state index contributed by atoms with van der Waals surface area (Å²) < 4.78 is 11.6. The van der Waals surface area contributed by atoms with Crippen molar-refractivity contribution in [3.63, 3.8) is 0 Å². The normalized spacial score (nSPS) is 11.5. The molecule has 1 amide bonds. The van der Waals surface area contributed by atoms with Crippen molar-refractivity contribution in [2.24, 2.45) is 0 Å². The van der Waals surface area contributed by atoms with Gasteiger partial charge in [0.05, 0.1) is 6.61 Å². The molecule has 0 aliphatic rings. The highest BCUT2D eigenvalue weighted by Gasteiger charge is 2.18. The minimum Gasteiger partial charge on any atom is -0.493 e. The summed E-state index contributed by atoms with van der Waals surface area (Å²) >= 11 is 0. The third-order valence-corrected chi connectivity index (χ3v) is 4.31. The van der Waals surface area contributed by atoms with Gasteiger partial charge in [0.15, 0.2) is 6.10 Å². The van der Waals surface area contributed by atoms with Gasteiger partial charge in [0, 0.05) is 12.1 Å². The quantitative estimate of drug-likeness (QED) is 0.566. The van der Waals surface area contributed by atoms with Crippen molar-refractivity contribution >= 4 is 11.6 Å². The molecule has 144 valence electrons. The monoisotopic (exact) mass is 375 g/mol. The Balaban J connectivity index is 1.49. The Hall–Kier alpha value is -3.27. The van der Waals surface area contributed by atoms with Gasteiger partial charge in [0.1, 0.15) is 11.5 Å². The molecule has 0 spiro atoms. The molecule has 1 unspecified atom stereocenters. The Morgan fingerprint density at radius 3 is 2.14 bits per heavy atom. The highest BCUT2D eigenvalue weighted by Crippen LogP contribution is 2.18. The Morgan fingerprint density at radius 1 is 0.857 bits per heavy atom. The number of para-hydroxylation sites is 1. The largest absolute Gasteiger partial charge is 0.493 e. The maximum absolute atomic E-state index is 12.5. The van der Waals surface area contributed by atoms with E-state index in [1.54, 1.807) is 0 Å². The van der Waals surface area contributed by atoms with Gasteiger partial charge in [0.25, 0.3) is 5.91 Å². The topological polar surface area (TPSA) is 47.6 Å². The van der Waals surface area contributed by atoms with Gasteiger partial charge < -0.3 is 14.8 Å². The molecule has 1 atom stereocenters. The molecular weight excluding hydrogens is 350 g/mol. The zero-order valence-electron chi connectivity index (χ0n) is 16.0. The summed E-state index contributed by atoms with van der Waals surface area (Å²) in [5.41, 5.74) is 1.96. The maximum Gasteiger partial charge on any atom is 0.265 e. The molecule has 1 N–H and O–H groups in total. The van der Waals surface area contributed by atoms with Crippen LogP contribution in [-0.4, -0.2) is 18.6 Å². The van der Waals surface area contributed by atoms with Crippen LogP contribution < -0.4 is 14.8 Å². The molecule has 4 heteroatoms. The third-order valence-electron chi connectivity index (χ3n) is 4.31. The van der Waals surface area contributed by atoms with Crippen LogP contribution in [0.25, 0.3) is 0 Å². The fourth-order valence-corrected chi connectivity index (χ4v) is 2.77. The average molecular weight is 375 g/mol. The molecule has 0 fully saturated rings. The molecule has 0 heterocycles. The van der Waals surface area contributed by atoms with E-state index in [9.17, 15) is 4.79 Å². The number of hydrogen-bond acceptors (Lipinski definition) is 3. The van der Waals surface area contributed by atoms with Crippen molar-refractivity contribution < 1.29 is 14.3 Å². The fourth-order valence-electron chi connectivity index (χ4n) is 2.77. The van der Waals surface area contributed by atoms with E-state index in [0.717, 1.165) is 17.9 Å². The molecule has 0 aliphatic carbocycles. The number of carbonyl (C=O) groups excluding carboxylic acids is 1. The number of rotatable bonds is 9. The van der Waals surface area contributed by atoms with Crippen LogP contribution in [-0.2, 0) is 11.2 Å². The van der Waals surface area contributed by atoms with Crippen molar-refractivity contribution in [2.75, 3.05) is 11.9 Å².